The van der Waals surface area contributed by atoms with E-state index in [9.17, 15) is 9.59 Å². The van der Waals surface area contributed by atoms with Gasteiger partial charge in [-0.1, -0.05) is 12.1 Å². The fourth-order valence-corrected chi connectivity index (χ4v) is 3.09. The molecular weight excluding hydrogens is 334 g/mol. The van der Waals surface area contributed by atoms with Crippen molar-refractivity contribution in [1.82, 2.24) is 10.3 Å². The fraction of sp³-hybridized carbons (Fsp3) is 0.316. The van der Waals surface area contributed by atoms with Crippen LogP contribution >= 0.6 is 0 Å². The summed E-state index contributed by atoms with van der Waals surface area (Å²) in [7, 11) is 0. The second-order valence-electron chi connectivity index (χ2n) is 6.28. The predicted octanol–water partition coefficient (Wildman–Crippen LogP) is 1.66. The Morgan fingerprint density at radius 2 is 2.12 bits per heavy atom. The van der Waals surface area contributed by atoms with Crippen LogP contribution in [0.4, 0.5) is 5.69 Å². The van der Waals surface area contributed by atoms with E-state index in [1.54, 1.807) is 29.4 Å². The molecule has 0 aliphatic carbocycles. The molecule has 1 fully saturated rings. The Labute approximate surface area is 150 Å². The Morgan fingerprint density at radius 1 is 1.27 bits per heavy atom. The van der Waals surface area contributed by atoms with Gasteiger partial charge in [-0.2, -0.15) is 0 Å². The maximum absolute atomic E-state index is 12.4. The van der Waals surface area contributed by atoms with Gasteiger partial charge >= 0.3 is 0 Å². The van der Waals surface area contributed by atoms with E-state index in [0.29, 0.717) is 31.0 Å². The van der Waals surface area contributed by atoms with Crippen LogP contribution in [-0.4, -0.2) is 36.1 Å². The standard InChI is InChI=1S/C19H19N3O4/c23-18-6-3-7-22(18)14-8-13(9-20-11-14)10-21-19(24)17-12-25-15-4-1-2-5-16(15)26-17/h1-2,4-5,8-9,11,17H,3,6-7,10,12H2,(H,21,24)/t17-/m0/s1. The highest BCUT2D eigenvalue weighted by Crippen LogP contribution is 2.30. The monoisotopic (exact) mass is 353 g/mol. The van der Waals surface area contributed by atoms with E-state index < -0.39 is 6.10 Å². The van der Waals surface area contributed by atoms with Crippen LogP contribution in [0.5, 0.6) is 11.5 Å². The summed E-state index contributed by atoms with van der Waals surface area (Å²) in [6, 6.07) is 9.15. The van der Waals surface area contributed by atoms with E-state index in [4.69, 9.17) is 9.47 Å². The molecule has 1 N–H and O–H groups in total. The summed E-state index contributed by atoms with van der Waals surface area (Å²) < 4.78 is 11.3. The molecule has 0 saturated carbocycles. The van der Waals surface area contributed by atoms with Gasteiger partial charge in [-0.05, 0) is 30.2 Å². The minimum Gasteiger partial charge on any atom is -0.485 e. The molecule has 2 aliphatic rings. The summed E-state index contributed by atoms with van der Waals surface area (Å²) in [5.74, 6) is 1.07. The van der Waals surface area contributed by atoms with Crippen molar-refractivity contribution in [3.05, 3.63) is 48.3 Å². The second kappa shape index (κ2) is 7.03. The van der Waals surface area contributed by atoms with Gasteiger partial charge in [-0.25, -0.2) is 0 Å². The first-order valence-corrected chi connectivity index (χ1v) is 8.61. The van der Waals surface area contributed by atoms with Crippen molar-refractivity contribution >= 4 is 17.5 Å². The molecule has 26 heavy (non-hydrogen) atoms. The zero-order valence-corrected chi connectivity index (χ0v) is 14.2. The number of amides is 2. The number of hydrogen-bond donors (Lipinski definition) is 1. The number of carbonyl (C=O) groups excluding carboxylic acids is 2. The van der Waals surface area contributed by atoms with Gasteiger partial charge in [0.1, 0.15) is 6.61 Å². The third-order valence-electron chi connectivity index (χ3n) is 4.43. The minimum atomic E-state index is -0.693. The lowest BCUT2D eigenvalue weighted by Gasteiger charge is -2.25. The SMILES string of the molecule is O=C(NCc1cncc(N2CCCC2=O)c1)[C@@H]1COc2ccccc2O1. The number of anilines is 1. The third-order valence-corrected chi connectivity index (χ3v) is 4.43. The quantitative estimate of drug-likeness (QED) is 0.904. The van der Waals surface area contributed by atoms with Crippen molar-refractivity contribution in [2.45, 2.75) is 25.5 Å². The van der Waals surface area contributed by atoms with Gasteiger partial charge in [0.2, 0.25) is 12.0 Å². The van der Waals surface area contributed by atoms with Crippen molar-refractivity contribution in [2.24, 2.45) is 0 Å². The Morgan fingerprint density at radius 3 is 2.92 bits per heavy atom. The van der Waals surface area contributed by atoms with Crippen LogP contribution in [0.1, 0.15) is 18.4 Å². The predicted molar refractivity (Wildman–Crippen MR) is 94.0 cm³/mol. The first-order chi connectivity index (χ1) is 12.7. The Hall–Kier alpha value is -3.09. The molecule has 0 radical (unpaired) electrons. The molecule has 1 atom stereocenters. The molecule has 1 saturated heterocycles. The number of nitrogens with zero attached hydrogens (tertiary/aromatic N) is 2. The second-order valence-corrected chi connectivity index (χ2v) is 6.28. The first kappa shape index (κ1) is 16.4. The third kappa shape index (κ3) is 3.33. The van der Waals surface area contributed by atoms with Crippen LogP contribution in [0.3, 0.4) is 0 Å². The topological polar surface area (TPSA) is 80.8 Å². The van der Waals surface area contributed by atoms with Gasteiger partial charge in [-0.15, -0.1) is 0 Å². The number of ether oxygens (including phenoxy) is 2. The van der Waals surface area contributed by atoms with Gasteiger partial charge in [0.15, 0.2) is 11.5 Å². The van der Waals surface area contributed by atoms with E-state index in [1.165, 1.54) is 0 Å². The molecule has 0 spiro atoms. The van der Waals surface area contributed by atoms with Crippen molar-refractivity contribution in [3.63, 3.8) is 0 Å². The average molecular weight is 353 g/mol. The lowest BCUT2D eigenvalue weighted by atomic mass is 10.2. The highest BCUT2D eigenvalue weighted by atomic mass is 16.6. The molecule has 7 heteroatoms. The highest BCUT2D eigenvalue weighted by Gasteiger charge is 2.27. The minimum absolute atomic E-state index is 0.111. The first-order valence-electron chi connectivity index (χ1n) is 8.61. The van der Waals surface area contributed by atoms with E-state index in [0.717, 1.165) is 17.7 Å². The zero-order valence-electron chi connectivity index (χ0n) is 14.2. The van der Waals surface area contributed by atoms with Gasteiger partial charge in [0.25, 0.3) is 5.91 Å². The van der Waals surface area contributed by atoms with Gasteiger partial charge in [0, 0.05) is 25.7 Å². The lowest BCUT2D eigenvalue weighted by Crippen LogP contribution is -2.43. The molecule has 134 valence electrons. The smallest absolute Gasteiger partial charge is 0.264 e. The molecule has 2 aromatic rings. The number of rotatable bonds is 4. The summed E-state index contributed by atoms with van der Waals surface area (Å²) in [5.41, 5.74) is 1.60. The number of pyridine rings is 1. The normalized spacial score (nSPS) is 18.7. The van der Waals surface area contributed by atoms with Crippen molar-refractivity contribution in [1.29, 1.82) is 0 Å². The number of carbonyl (C=O) groups is 2. The maximum Gasteiger partial charge on any atom is 0.264 e. The highest BCUT2D eigenvalue weighted by molar-refractivity contribution is 5.95. The van der Waals surface area contributed by atoms with Gasteiger partial charge in [0.05, 0.1) is 11.9 Å². The summed E-state index contributed by atoms with van der Waals surface area (Å²) in [6.45, 7) is 1.19. The number of para-hydroxylation sites is 2. The molecule has 0 bridgehead atoms. The summed E-state index contributed by atoms with van der Waals surface area (Å²) in [6.07, 6.45) is 4.09. The summed E-state index contributed by atoms with van der Waals surface area (Å²) in [4.78, 5) is 30.1. The largest absolute Gasteiger partial charge is 0.485 e. The van der Waals surface area contributed by atoms with E-state index in [2.05, 4.69) is 10.3 Å². The van der Waals surface area contributed by atoms with E-state index in [-0.39, 0.29) is 18.4 Å². The van der Waals surface area contributed by atoms with Crippen molar-refractivity contribution in [3.8, 4) is 11.5 Å². The molecular formula is C19H19N3O4. The van der Waals surface area contributed by atoms with Crippen LogP contribution in [0.2, 0.25) is 0 Å². The molecule has 1 aromatic carbocycles. The summed E-state index contributed by atoms with van der Waals surface area (Å²) >= 11 is 0. The number of hydrogen-bond acceptors (Lipinski definition) is 5. The number of benzene rings is 1. The Bertz CT molecular complexity index is 839. The van der Waals surface area contributed by atoms with E-state index in [1.807, 2.05) is 18.2 Å². The molecule has 1 aromatic heterocycles. The summed E-state index contributed by atoms with van der Waals surface area (Å²) in [5, 5.41) is 2.84. The van der Waals surface area contributed by atoms with Gasteiger partial charge < -0.3 is 19.7 Å². The van der Waals surface area contributed by atoms with Crippen molar-refractivity contribution in [2.75, 3.05) is 18.1 Å². The number of aromatic nitrogens is 1. The van der Waals surface area contributed by atoms with E-state index >= 15 is 0 Å². The molecule has 4 rings (SSSR count). The Kier molecular flexibility index (Phi) is 4.43. The van der Waals surface area contributed by atoms with Crippen LogP contribution in [-0.2, 0) is 16.1 Å². The van der Waals surface area contributed by atoms with Crippen molar-refractivity contribution < 1.29 is 19.1 Å². The average Bonchev–Trinajstić information content (AvgIpc) is 3.12. The fourth-order valence-electron chi connectivity index (χ4n) is 3.09. The number of fused-ring (bicyclic) bond motifs is 1. The Balaban J connectivity index is 1.37. The maximum atomic E-state index is 12.4. The van der Waals surface area contributed by atoms with Crippen LogP contribution in [0, 0.1) is 0 Å². The lowest BCUT2D eigenvalue weighted by molar-refractivity contribution is -0.130. The molecule has 7 nitrogen and oxygen atoms in total. The number of nitrogens with one attached hydrogen (secondary N) is 1. The molecule has 2 amide bonds. The van der Waals surface area contributed by atoms with Crippen LogP contribution < -0.4 is 19.7 Å². The zero-order chi connectivity index (χ0) is 17.9. The molecule has 3 heterocycles. The molecule has 2 aliphatic heterocycles. The van der Waals surface area contributed by atoms with Crippen LogP contribution in [0.25, 0.3) is 0 Å². The van der Waals surface area contributed by atoms with Crippen LogP contribution in [0.15, 0.2) is 42.7 Å². The molecule has 0 unspecified atom stereocenters. The van der Waals surface area contributed by atoms with Gasteiger partial charge in [-0.3, -0.25) is 14.6 Å².